The van der Waals surface area contributed by atoms with Gasteiger partial charge < -0.3 is 10.2 Å². The number of Topliss-reactive ketones (excluding diaryl/α,β-unsaturated/α-hetero) is 1. The minimum atomic E-state index is -1.60. The van der Waals surface area contributed by atoms with E-state index in [-0.39, 0.29) is 23.5 Å². The van der Waals surface area contributed by atoms with Crippen LogP contribution < -0.4 is 0 Å². The molecule has 8 atom stereocenters. The molecule has 0 heterocycles. The summed E-state index contributed by atoms with van der Waals surface area (Å²) in [5, 5.41) is 20.6. The normalized spacial score (nSPS) is 52.5. The van der Waals surface area contributed by atoms with Crippen LogP contribution in [0, 0.1) is 28.6 Å². The van der Waals surface area contributed by atoms with Crippen molar-refractivity contribution in [3.05, 3.63) is 23.8 Å². The largest absolute Gasteiger partial charge is 0.388 e. The zero-order valence-corrected chi connectivity index (χ0v) is 18.1. The van der Waals surface area contributed by atoms with E-state index in [4.69, 9.17) is 23.2 Å². The molecule has 2 N–H and O–H groups in total. The topological polar surface area (TPSA) is 74.6 Å². The number of hydrogen-bond acceptors (Lipinski definition) is 4. The lowest BCUT2D eigenvalue weighted by Crippen LogP contribution is -2.67. The lowest BCUT2D eigenvalue weighted by molar-refractivity contribution is -0.167. The summed E-state index contributed by atoms with van der Waals surface area (Å²) in [5.41, 5.74) is -1.86. The van der Waals surface area contributed by atoms with Crippen molar-refractivity contribution in [3.8, 4) is 0 Å². The Bertz CT molecular complexity index is 806. The van der Waals surface area contributed by atoms with Crippen LogP contribution >= 0.6 is 23.2 Å². The highest BCUT2D eigenvalue weighted by Crippen LogP contribution is 2.72. The van der Waals surface area contributed by atoms with Gasteiger partial charge in [0.25, 0.3) is 0 Å². The zero-order chi connectivity index (χ0) is 20.7. The zero-order valence-electron chi connectivity index (χ0n) is 16.5. The maximum absolute atomic E-state index is 12.6. The summed E-state index contributed by atoms with van der Waals surface area (Å²) in [6.45, 7) is 5.20. The van der Waals surface area contributed by atoms with Gasteiger partial charge in [-0.15, -0.1) is 23.2 Å². The molecular weight excluding hydrogens is 399 g/mol. The van der Waals surface area contributed by atoms with Crippen LogP contribution in [0.25, 0.3) is 0 Å². The van der Waals surface area contributed by atoms with Gasteiger partial charge in [-0.2, -0.15) is 0 Å². The van der Waals surface area contributed by atoms with Crippen molar-refractivity contribution < 1.29 is 19.8 Å². The highest BCUT2D eigenvalue weighted by molar-refractivity contribution is 6.34. The number of ketones is 2. The fourth-order valence-corrected chi connectivity index (χ4v) is 8.43. The molecule has 4 rings (SSSR count). The molecule has 4 aliphatic rings. The van der Waals surface area contributed by atoms with Crippen molar-refractivity contribution in [1.82, 2.24) is 0 Å². The molecule has 28 heavy (non-hydrogen) atoms. The fourth-order valence-electron chi connectivity index (χ4n) is 7.20. The van der Waals surface area contributed by atoms with Crippen LogP contribution in [0.1, 0.15) is 46.5 Å². The standard InChI is InChI=1S/C22H28Cl2O4/c1-12-8-16-15-5-4-13-9-14(26)6-7-19(13,2)21(15,24)17(23)10-20(16,3)22(12,28)18(27)11-25/h6-7,9,12,15-17,25,28H,4-5,8,10-11H2,1-3H3/t12-,15+,16+,17-,19+,20+,21+,22-/m1/s1. The van der Waals surface area contributed by atoms with E-state index in [0.717, 1.165) is 18.4 Å². The first-order valence-electron chi connectivity index (χ1n) is 10.1. The SMILES string of the molecule is C[C@@H]1C[C@H]2[C@@H]3CCC4=CC(=O)C=C[C@]4(C)[C@@]3(Cl)[C@H](Cl)C[C@]2(C)[C@]1(O)C(=O)CO. The summed E-state index contributed by atoms with van der Waals surface area (Å²) >= 11 is 14.4. The summed E-state index contributed by atoms with van der Waals surface area (Å²) in [4.78, 5) is 23.8. The van der Waals surface area contributed by atoms with Gasteiger partial charge in [0.05, 0.1) is 10.3 Å². The summed E-state index contributed by atoms with van der Waals surface area (Å²) in [7, 11) is 0. The number of aliphatic hydroxyl groups excluding tert-OH is 1. The van der Waals surface area contributed by atoms with Crippen molar-refractivity contribution in [2.45, 2.75) is 62.3 Å². The number of carbonyl (C=O) groups excluding carboxylic acids is 2. The maximum Gasteiger partial charge on any atom is 0.190 e. The molecular formula is C22H28Cl2O4. The Hall–Kier alpha value is -0.680. The number of rotatable bonds is 2. The molecule has 0 aromatic rings. The van der Waals surface area contributed by atoms with Crippen LogP contribution in [0.3, 0.4) is 0 Å². The average Bonchev–Trinajstić information content (AvgIpc) is 2.84. The van der Waals surface area contributed by atoms with Gasteiger partial charge in [-0.25, -0.2) is 0 Å². The van der Waals surface area contributed by atoms with Crippen LogP contribution in [0.15, 0.2) is 23.8 Å². The van der Waals surface area contributed by atoms with Crippen LogP contribution in [-0.2, 0) is 9.59 Å². The Balaban J connectivity index is 1.84. The number of carbonyl (C=O) groups is 2. The minimum Gasteiger partial charge on any atom is -0.388 e. The second kappa shape index (κ2) is 6.16. The van der Waals surface area contributed by atoms with Gasteiger partial charge in [-0.3, -0.25) is 9.59 Å². The second-order valence-electron chi connectivity index (χ2n) is 9.70. The quantitative estimate of drug-likeness (QED) is 0.663. The lowest BCUT2D eigenvalue weighted by Gasteiger charge is -2.63. The van der Waals surface area contributed by atoms with E-state index in [1.54, 1.807) is 12.2 Å². The van der Waals surface area contributed by atoms with E-state index < -0.39 is 39.1 Å². The van der Waals surface area contributed by atoms with Crippen molar-refractivity contribution >= 4 is 34.8 Å². The van der Waals surface area contributed by atoms with Crippen molar-refractivity contribution in [2.24, 2.45) is 28.6 Å². The predicted molar refractivity (Wildman–Crippen MR) is 108 cm³/mol. The minimum absolute atomic E-state index is 0.00149. The number of fused-ring (bicyclic) bond motifs is 5. The predicted octanol–water partition coefficient (Wildman–Crippen LogP) is 3.41. The number of aliphatic hydroxyl groups is 2. The molecule has 6 heteroatoms. The van der Waals surface area contributed by atoms with Gasteiger partial charge in [0.2, 0.25) is 0 Å². The van der Waals surface area contributed by atoms with Gasteiger partial charge in [0.1, 0.15) is 12.2 Å². The molecule has 154 valence electrons. The van der Waals surface area contributed by atoms with Gasteiger partial charge >= 0.3 is 0 Å². The molecule has 0 unspecified atom stereocenters. The first-order valence-corrected chi connectivity index (χ1v) is 10.9. The third kappa shape index (κ3) is 2.16. The van der Waals surface area contributed by atoms with E-state index in [2.05, 4.69) is 6.92 Å². The molecule has 0 saturated heterocycles. The number of allylic oxidation sites excluding steroid dienone is 4. The number of halogens is 2. The number of hydrogen-bond donors (Lipinski definition) is 2. The molecule has 0 radical (unpaired) electrons. The Labute approximate surface area is 176 Å². The maximum atomic E-state index is 12.6. The third-order valence-corrected chi connectivity index (χ3v) is 10.3. The molecule has 4 aliphatic carbocycles. The monoisotopic (exact) mass is 426 g/mol. The van der Waals surface area contributed by atoms with Crippen LogP contribution in [0.2, 0.25) is 0 Å². The van der Waals surface area contributed by atoms with Crippen molar-refractivity contribution in [2.75, 3.05) is 6.61 Å². The van der Waals surface area contributed by atoms with Crippen LogP contribution in [0.4, 0.5) is 0 Å². The molecule has 3 saturated carbocycles. The summed E-state index contributed by atoms with van der Waals surface area (Å²) in [5.74, 6) is -0.811. The molecule has 0 bridgehead atoms. The van der Waals surface area contributed by atoms with Crippen molar-refractivity contribution in [3.63, 3.8) is 0 Å². The summed E-state index contributed by atoms with van der Waals surface area (Å²) in [6, 6.07) is 0. The van der Waals surface area contributed by atoms with E-state index >= 15 is 0 Å². The number of alkyl halides is 2. The molecule has 0 spiro atoms. The summed E-state index contributed by atoms with van der Waals surface area (Å²) < 4.78 is 0. The Morgan fingerprint density at radius 2 is 2.00 bits per heavy atom. The highest BCUT2D eigenvalue weighted by Gasteiger charge is 2.74. The Morgan fingerprint density at radius 1 is 1.32 bits per heavy atom. The van der Waals surface area contributed by atoms with E-state index in [9.17, 15) is 19.8 Å². The van der Waals surface area contributed by atoms with Crippen LogP contribution in [0.5, 0.6) is 0 Å². The Morgan fingerprint density at radius 3 is 2.64 bits per heavy atom. The van der Waals surface area contributed by atoms with Gasteiger partial charge in [-0.05, 0) is 55.6 Å². The molecule has 3 fully saturated rings. The fraction of sp³-hybridized carbons (Fsp3) is 0.727. The smallest absolute Gasteiger partial charge is 0.190 e. The van der Waals surface area contributed by atoms with E-state index in [1.807, 2.05) is 19.9 Å². The third-order valence-electron chi connectivity index (χ3n) is 8.75. The first-order chi connectivity index (χ1) is 13.0. The Kier molecular flexibility index (Phi) is 4.53. The van der Waals surface area contributed by atoms with Crippen molar-refractivity contribution in [1.29, 1.82) is 0 Å². The second-order valence-corrected chi connectivity index (χ2v) is 10.9. The molecule has 0 aromatic heterocycles. The van der Waals surface area contributed by atoms with E-state index in [0.29, 0.717) is 12.8 Å². The van der Waals surface area contributed by atoms with Gasteiger partial charge in [-0.1, -0.05) is 32.4 Å². The summed E-state index contributed by atoms with van der Waals surface area (Å²) in [6.07, 6.45) is 7.76. The molecule has 0 aliphatic heterocycles. The first kappa shape index (κ1) is 20.6. The highest BCUT2D eigenvalue weighted by atomic mass is 35.5. The molecule has 4 nitrogen and oxygen atoms in total. The van der Waals surface area contributed by atoms with Crippen LogP contribution in [-0.4, -0.2) is 44.2 Å². The average molecular weight is 427 g/mol. The lowest BCUT2D eigenvalue weighted by atomic mass is 9.46. The van der Waals surface area contributed by atoms with E-state index in [1.165, 1.54) is 0 Å². The molecule has 0 amide bonds. The van der Waals surface area contributed by atoms with Gasteiger partial charge in [0, 0.05) is 10.8 Å². The van der Waals surface area contributed by atoms with Gasteiger partial charge in [0.15, 0.2) is 11.6 Å². The molecule has 0 aromatic carbocycles.